The number of fused-ring (bicyclic) bond motifs is 1. The summed E-state index contributed by atoms with van der Waals surface area (Å²) in [6.45, 7) is 6.59. The molecule has 3 heterocycles. The first-order valence-corrected chi connectivity index (χ1v) is 10.7. The molecule has 3 aromatic rings. The number of thioether (sulfide) groups is 1. The Kier molecular flexibility index (Phi) is 6.85. The molecule has 9 heteroatoms. The Hall–Kier alpha value is -2.19. The first kappa shape index (κ1) is 20.5. The Balaban J connectivity index is 1.93. The van der Waals surface area contributed by atoms with Gasteiger partial charge < -0.3 is 5.32 Å². The van der Waals surface area contributed by atoms with Crippen molar-refractivity contribution in [2.75, 3.05) is 11.1 Å². The zero-order valence-corrected chi connectivity index (χ0v) is 17.7. The number of rotatable bonds is 8. The molecular weight excluding hydrogens is 396 g/mol. The van der Waals surface area contributed by atoms with Crippen LogP contribution in [0.2, 0.25) is 5.28 Å². The fourth-order valence-electron chi connectivity index (χ4n) is 2.99. The molecule has 0 aliphatic carbocycles. The highest BCUT2D eigenvalue weighted by atomic mass is 35.5. The van der Waals surface area contributed by atoms with E-state index in [-0.39, 0.29) is 22.7 Å². The summed E-state index contributed by atoms with van der Waals surface area (Å²) in [4.78, 5) is 31.3. The van der Waals surface area contributed by atoms with Crippen LogP contribution < -0.4 is 10.9 Å². The van der Waals surface area contributed by atoms with Gasteiger partial charge in [0, 0.05) is 17.1 Å². The van der Waals surface area contributed by atoms with E-state index < -0.39 is 0 Å². The van der Waals surface area contributed by atoms with Crippen LogP contribution in [0.5, 0.6) is 0 Å². The Labute approximate surface area is 173 Å². The molecule has 0 unspecified atom stereocenters. The van der Waals surface area contributed by atoms with Gasteiger partial charge in [0.2, 0.25) is 5.28 Å². The average molecular weight is 419 g/mol. The molecule has 0 bridgehead atoms. The number of nitrogens with one attached hydrogen (secondary N) is 1. The zero-order chi connectivity index (χ0) is 20.1. The third kappa shape index (κ3) is 4.62. The number of halogens is 1. The quantitative estimate of drug-likeness (QED) is 0.430. The molecule has 28 heavy (non-hydrogen) atoms. The SMILES string of the molecule is CCC[C@@H](C)n1c(=O)c(NCc2ccc(SCC)cn2)nc2cnc(Cl)nc21. The summed E-state index contributed by atoms with van der Waals surface area (Å²) in [5.41, 5.74) is 1.59. The molecule has 0 aliphatic heterocycles. The Bertz CT molecular complexity index is 1010. The summed E-state index contributed by atoms with van der Waals surface area (Å²) in [6.07, 6.45) is 5.18. The molecule has 1 N–H and O–H groups in total. The summed E-state index contributed by atoms with van der Waals surface area (Å²) in [5, 5.41) is 3.22. The van der Waals surface area contributed by atoms with E-state index in [4.69, 9.17) is 11.6 Å². The lowest BCUT2D eigenvalue weighted by molar-refractivity contribution is 0.497. The molecular formula is C19H23ClN6OS. The normalized spacial score (nSPS) is 12.3. The molecule has 0 aliphatic rings. The second kappa shape index (κ2) is 9.34. The van der Waals surface area contributed by atoms with Gasteiger partial charge in [0.05, 0.1) is 18.4 Å². The van der Waals surface area contributed by atoms with Gasteiger partial charge in [-0.1, -0.05) is 20.3 Å². The molecule has 3 rings (SSSR count). The summed E-state index contributed by atoms with van der Waals surface area (Å²) >= 11 is 7.69. The fourth-order valence-corrected chi connectivity index (χ4v) is 3.75. The second-order valence-corrected chi connectivity index (χ2v) is 8.07. The molecule has 0 fully saturated rings. The van der Waals surface area contributed by atoms with Gasteiger partial charge in [0.15, 0.2) is 11.5 Å². The summed E-state index contributed by atoms with van der Waals surface area (Å²) in [5.74, 6) is 1.26. The first-order chi connectivity index (χ1) is 13.5. The zero-order valence-electron chi connectivity index (χ0n) is 16.1. The topological polar surface area (TPSA) is 85.6 Å². The maximum absolute atomic E-state index is 13.1. The molecule has 148 valence electrons. The molecule has 1 atom stereocenters. The molecule has 0 radical (unpaired) electrons. The van der Waals surface area contributed by atoms with Crippen molar-refractivity contribution in [3.63, 3.8) is 0 Å². The van der Waals surface area contributed by atoms with Crippen LogP contribution in [0.3, 0.4) is 0 Å². The molecule has 3 aromatic heterocycles. The highest BCUT2D eigenvalue weighted by molar-refractivity contribution is 7.99. The predicted octanol–water partition coefficient (Wildman–Crippen LogP) is 4.32. The van der Waals surface area contributed by atoms with Crippen molar-refractivity contribution in [3.8, 4) is 0 Å². The first-order valence-electron chi connectivity index (χ1n) is 9.29. The largest absolute Gasteiger partial charge is 0.360 e. The van der Waals surface area contributed by atoms with Crippen molar-refractivity contribution in [2.45, 2.75) is 51.1 Å². The van der Waals surface area contributed by atoms with Gasteiger partial charge in [-0.3, -0.25) is 14.3 Å². The van der Waals surface area contributed by atoms with Crippen molar-refractivity contribution in [1.82, 2.24) is 24.5 Å². The van der Waals surface area contributed by atoms with Crippen LogP contribution in [0.25, 0.3) is 11.2 Å². The van der Waals surface area contributed by atoms with E-state index in [9.17, 15) is 4.79 Å². The number of pyridine rings is 1. The number of anilines is 1. The van der Waals surface area contributed by atoms with Crippen molar-refractivity contribution in [2.24, 2.45) is 0 Å². The van der Waals surface area contributed by atoms with E-state index in [1.165, 1.54) is 0 Å². The number of hydrogen-bond acceptors (Lipinski definition) is 7. The highest BCUT2D eigenvalue weighted by Gasteiger charge is 2.17. The number of nitrogens with zero attached hydrogens (tertiary/aromatic N) is 5. The van der Waals surface area contributed by atoms with Crippen molar-refractivity contribution in [3.05, 3.63) is 45.9 Å². The Morgan fingerprint density at radius 2 is 2.04 bits per heavy atom. The van der Waals surface area contributed by atoms with E-state index in [2.05, 4.69) is 39.1 Å². The maximum atomic E-state index is 13.1. The predicted molar refractivity (Wildman–Crippen MR) is 114 cm³/mol. The molecule has 0 amide bonds. The minimum absolute atomic E-state index is 0.0296. The van der Waals surface area contributed by atoms with Crippen LogP contribution in [0.4, 0.5) is 5.82 Å². The summed E-state index contributed by atoms with van der Waals surface area (Å²) < 4.78 is 1.65. The van der Waals surface area contributed by atoms with Crippen LogP contribution in [0.15, 0.2) is 34.2 Å². The van der Waals surface area contributed by atoms with Gasteiger partial charge in [-0.25, -0.2) is 9.97 Å². The molecule has 0 saturated heterocycles. The number of hydrogen-bond donors (Lipinski definition) is 1. The van der Waals surface area contributed by atoms with Crippen molar-refractivity contribution < 1.29 is 0 Å². The minimum atomic E-state index is -0.221. The van der Waals surface area contributed by atoms with E-state index in [1.807, 2.05) is 25.3 Å². The van der Waals surface area contributed by atoms with Gasteiger partial charge in [0.25, 0.3) is 5.56 Å². The third-order valence-electron chi connectivity index (χ3n) is 4.30. The van der Waals surface area contributed by atoms with Crippen molar-refractivity contribution in [1.29, 1.82) is 0 Å². The lowest BCUT2D eigenvalue weighted by atomic mass is 10.2. The van der Waals surface area contributed by atoms with Gasteiger partial charge in [0.1, 0.15) is 5.52 Å². The fraction of sp³-hybridized carbons (Fsp3) is 0.421. The van der Waals surface area contributed by atoms with Crippen LogP contribution >= 0.6 is 23.4 Å². The van der Waals surface area contributed by atoms with Crippen LogP contribution in [-0.2, 0) is 6.54 Å². The minimum Gasteiger partial charge on any atom is -0.360 e. The summed E-state index contributed by atoms with van der Waals surface area (Å²) in [6, 6.07) is 3.95. The van der Waals surface area contributed by atoms with Gasteiger partial charge in [-0.15, -0.1) is 11.8 Å². The lowest BCUT2D eigenvalue weighted by Gasteiger charge is -2.18. The van der Waals surface area contributed by atoms with E-state index in [0.717, 1.165) is 29.2 Å². The monoisotopic (exact) mass is 418 g/mol. The lowest BCUT2D eigenvalue weighted by Crippen LogP contribution is -2.28. The van der Waals surface area contributed by atoms with Crippen molar-refractivity contribution >= 4 is 40.3 Å². The molecule has 0 saturated carbocycles. The van der Waals surface area contributed by atoms with Gasteiger partial charge in [-0.05, 0) is 42.8 Å². The highest BCUT2D eigenvalue weighted by Crippen LogP contribution is 2.19. The van der Waals surface area contributed by atoms with Crippen LogP contribution in [0.1, 0.15) is 45.3 Å². The van der Waals surface area contributed by atoms with Gasteiger partial charge in [-0.2, -0.15) is 4.98 Å². The average Bonchev–Trinajstić information content (AvgIpc) is 2.68. The Morgan fingerprint density at radius 1 is 1.21 bits per heavy atom. The molecule has 0 aromatic carbocycles. The molecule has 7 nitrogen and oxygen atoms in total. The smallest absolute Gasteiger partial charge is 0.295 e. The van der Waals surface area contributed by atoms with E-state index in [1.54, 1.807) is 22.5 Å². The summed E-state index contributed by atoms with van der Waals surface area (Å²) in [7, 11) is 0. The standard InChI is InChI=1S/C19H23ClN6OS/c1-4-6-12(3)26-17-15(11-23-19(20)25-17)24-16(18(26)27)22-9-13-7-8-14(10-21-13)28-5-2/h7-8,10-12H,4-6,9H2,1-3H3,(H,22,24)/t12-/m1/s1. The van der Waals surface area contributed by atoms with E-state index in [0.29, 0.717) is 17.7 Å². The molecule has 0 spiro atoms. The van der Waals surface area contributed by atoms with Crippen LogP contribution in [-0.4, -0.2) is 30.3 Å². The Morgan fingerprint density at radius 3 is 2.71 bits per heavy atom. The number of aromatic nitrogens is 5. The van der Waals surface area contributed by atoms with Crippen LogP contribution in [0, 0.1) is 0 Å². The van der Waals surface area contributed by atoms with Gasteiger partial charge >= 0.3 is 0 Å². The van der Waals surface area contributed by atoms with E-state index >= 15 is 0 Å². The second-order valence-electron chi connectivity index (χ2n) is 6.39. The maximum Gasteiger partial charge on any atom is 0.295 e. The third-order valence-corrected chi connectivity index (χ3v) is 5.34.